The zero-order valence-electron chi connectivity index (χ0n) is 12.3. The van der Waals surface area contributed by atoms with Gasteiger partial charge in [0, 0.05) is 13.1 Å². The molecule has 22 heavy (non-hydrogen) atoms. The summed E-state index contributed by atoms with van der Waals surface area (Å²) in [7, 11) is 0. The molecule has 0 aromatic heterocycles. The number of carbonyl (C=O) groups is 1. The Morgan fingerprint density at radius 1 is 1.14 bits per heavy atom. The maximum Gasteiger partial charge on any atom is 0.335 e. The van der Waals surface area contributed by atoms with Crippen LogP contribution in [0.5, 0.6) is 0 Å². The molecule has 1 atom stereocenters. The molecular formula is C18H19NO3. The largest absolute Gasteiger partial charge is 0.478 e. The third-order valence-electron chi connectivity index (χ3n) is 4.01. The molecule has 114 valence electrons. The van der Waals surface area contributed by atoms with Crippen molar-refractivity contribution in [2.24, 2.45) is 0 Å². The number of rotatable bonds is 4. The molecule has 1 aliphatic rings. The molecule has 4 nitrogen and oxygen atoms in total. The second-order valence-corrected chi connectivity index (χ2v) is 5.47. The van der Waals surface area contributed by atoms with Gasteiger partial charge in [0.25, 0.3) is 0 Å². The van der Waals surface area contributed by atoms with E-state index >= 15 is 0 Å². The second kappa shape index (κ2) is 6.73. The van der Waals surface area contributed by atoms with E-state index in [2.05, 4.69) is 17.0 Å². The van der Waals surface area contributed by atoms with Crippen LogP contribution in [0.15, 0.2) is 54.6 Å². The lowest BCUT2D eigenvalue weighted by Crippen LogP contribution is -2.38. The van der Waals surface area contributed by atoms with Crippen LogP contribution in [0.25, 0.3) is 0 Å². The maximum absolute atomic E-state index is 10.9. The molecule has 1 saturated heterocycles. The van der Waals surface area contributed by atoms with Crippen molar-refractivity contribution in [3.63, 3.8) is 0 Å². The Kier molecular flexibility index (Phi) is 4.51. The lowest BCUT2D eigenvalue weighted by atomic mass is 10.0. The van der Waals surface area contributed by atoms with E-state index in [0.717, 1.165) is 25.3 Å². The molecule has 0 saturated carbocycles. The first-order chi connectivity index (χ1) is 10.7. The molecule has 1 N–H and O–H groups in total. The molecule has 4 heteroatoms. The number of hydrogen-bond acceptors (Lipinski definition) is 3. The molecule has 0 amide bonds. The van der Waals surface area contributed by atoms with Crippen molar-refractivity contribution in [3.8, 4) is 0 Å². The Bertz CT molecular complexity index is 625. The van der Waals surface area contributed by atoms with Crippen LogP contribution in [0.2, 0.25) is 0 Å². The average molecular weight is 297 g/mol. The first kappa shape index (κ1) is 14.8. The summed E-state index contributed by atoms with van der Waals surface area (Å²) < 4.78 is 5.64. The normalized spacial score (nSPS) is 19.0. The molecule has 0 aliphatic carbocycles. The number of benzene rings is 2. The minimum atomic E-state index is -0.889. The average Bonchev–Trinajstić information content (AvgIpc) is 2.57. The van der Waals surface area contributed by atoms with Crippen molar-refractivity contribution in [2.75, 3.05) is 19.8 Å². The lowest BCUT2D eigenvalue weighted by molar-refractivity contribution is -0.0127. The van der Waals surface area contributed by atoms with Crippen LogP contribution in [0, 0.1) is 0 Å². The highest BCUT2D eigenvalue weighted by Crippen LogP contribution is 2.25. The molecule has 3 rings (SSSR count). The smallest absolute Gasteiger partial charge is 0.335 e. The second-order valence-electron chi connectivity index (χ2n) is 5.47. The predicted molar refractivity (Wildman–Crippen MR) is 83.8 cm³/mol. The SMILES string of the molecule is O=C(O)c1ccc(CN2CCOCC2c2ccccc2)cc1. The summed E-state index contributed by atoms with van der Waals surface area (Å²) in [6.45, 7) is 3.09. The van der Waals surface area contributed by atoms with Gasteiger partial charge in [-0.1, -0.05) is 42.5 Å². The molecular weight excluding hydrogens is 278 g/mol. The Morgan fingerprint density at radius 3 is 2.55 bits per heavy atom. The van der Waals surface area contributed by atoms with E-state index in [1.165, 1.54) is 5.56 Å². The molecule has 2 aromatic carbocycles. The molecule has 0 spiro atoms. The van der Waals surface area contributed by atoms with Crippen LogP contribution in [0.3, 0.4) is 0 Å². The minimum absolute atomic E-state index is 0.245. The van der Waals surface area contributed by atoms with Crippen molar-refractivity contribution in [3.05, 3.63) is 71.3 Å². The van der Waals surface area contributed by atoms with Gasteiger partial charge in [-0.05, 0) is 23.3 Å². The van der Waals surface area contributed by atoms with Gasteiger partial charge in [0.1, 0.15) is 0 Å². The van der Waals surface area contributed by atoms with E-state index in [1.54, 1.807) is 12.1 Å². The summed E-state index contributed by atoms with van der Waals surface area (Å²) >= 11 is 0. The van der Waals surface area contributed by atoms with Crippen molar-refractivity contribution in [1.82, 2.24) is 4.90 Å². The predicted octanol–water partition coefficient (Wildman–Crippen LogP) is 2.96. The molecule has 2 aromatic rings. The third kappa shape index (κ3) is 3.35. The summed E-state index contributed by atoms with van der Waals surface area (Å²) in [4.78, 5) is 13.3. The van der Waals surface area contributed by atoms with Crippen LogP contribution >= 0.6 is 0 Å². The van der Waals surface area contributed by atoms with Crippen LogP contribution in [-0.2, 0) is 11.3 Å². The fraction of sp³-hybridized carbons (Fsp3) is 0.278. The van der Waals surface area contributed by atoms with Crippen molar-refractivity contribution in [1.29, 1.82) is 0 Å². The van der Waals surface area contributed by atoms with Gasteiger partial charge in [0.2, 0.25) is 0 Å². The highest BCUT2D eigenvalue weighted by atomic mass is 16.5. The molecule has 1 aliphatic heterocycles. The minimum Gasteiger partial charge on any atom is -0.478 e. The van der Waals surface area contributed by atoms with Crippen molar-refractivity contribution in [2.45, 2.75) is 12.6 Å². The standard InChI is InChI=1S/C18H19NO3/c20-18(21)16-8-6-14(7-9-16)12-19-10-11-22-13-17(19)15-4-2-1-3-5-15/h1-9,17H,10-13H2,(H,20,21). The van der Waals surface area contributed by atoms with E-state index in [9.17, 15) is 4.79 Å². The first-order valence-corrected chi connectivity index (χ1v) is 7.43. The summed E-state index contributed by atoms with van der Waals surface area (Å²) in [5.41, 5.74) is 2.70. The van der Waals surface area contributed by atoms with Crippen molar-refractivity contribution < 1.29 is 14.6 Å². The van der Waals surface area contributed by atoms with E-state index < -0.39 is 5.97 Å². The zero-order valence-corrected chi connectivity index (χ0v) is 12.3. The molecule has 0 bridgehead atoms. The number of carboxylic acids is 1. The molecule has 1 heterocycles. The fourth-order valence-corrected chi connectivity index (χ4v) is 2.80. The summed E-state index contributed by atoms with van der Waals surface area (Å²) in [6.07, 6.45) is 0. The van der Waals surface area contributed by atoms with Gasteiger partial charge >= 0.3 is 5.97 Å². The Hall–Kier alpha value is -2.17. The number of ether oxygens (including phenoxy) is 1. The lowest BCUT2D eigenvalue weighted by Gasteiger charge is -2.36. The van der Waals surface area contributed by atoms with Gasteiger partial charge in [0.05, 0.1) is 24.8 Å². The Balaban J connectivity index is 1.75. The van der Waals surface area contributed by atoms with Gasteiger partial charge in [-0.2, -0.15) is 0 Å². The topological polar surface area (TPSA) is 49.8 Å². The van der Waals surface area contributed by atoms with E-state index in [0.29, 0.717) is 12.2 Å². The summed E-state index contributed by atoms with van der Waals surface area (Å²) in [5.74, 6) is -0.889. The van der Waals surface area contributed by atoms with Gasteiger partial charge in [-0.15, -0.1) is 0 Å². The highest BCUT2D eigenvalue weighted by Gasteiger charge is 2.24. The van der Waals surface area contributed by atoms with Crippen LogP contribution in [0.1, 0.15) is 27.5 Å². The number of aromatic carboxylic acids is 1. The maximum atomic E-state index is 10.9. The third-order valence-corrected chi connectivity index (χ3v) is 4.01. The Morgan fingerprint density at radius 2 is 1.86 bits per heavy atom. The number of nitrogens with zero attached hydrogens (tertiary/aromatic N) is 1. The quantitative estimate of drug-likeness (QED) is 0.942. The van der Waals surface area contributed by atoms with Crippen LogP contribution in [-0.4, -0.2) is 35.7 Å². The molecule has 1 unspecified atom stereocenters. The van der Waals surface area contributed by atoms with Gasteiger partial charge in [-0.25, -0.2) is 4.79 Å². The van der Waals surface area contributed by atoms with Gasteiger partial charge in [-0.3, -0.25) is 4.90 Å². The zero-order chi connectivity index (χ0) is 15.4. The van der Waals surface area contributed by atoms with Crippen LogP contribution < -0.4 is 0 Å². The summed E-state index contributed by atoms with van der Waals surface area (Å²) in [5, 5.41) is 8.96. The van der Waals surface area contributed by atoms with Crippen LogP contribution in [0.4, 0.5) is 0 Å². The van der Waals surface area contributed by atoms with E-state index in [-0.39, 0.29) is 6.04 Å². The number of carboxylic acid groups (broad SMARTS) is 1. The van der Waals surface area contributed by atoms with E-state index in [1.807, 2.05) is 30.3 Å². The molecule has 1 fully saturated rings. The number of hydrogen-bond donors (Lipinski definition) is 1. The molecule has 0 radical (unpaired) electrons. The highest BCUT2D eigenvalue weighted by molar-refractivity contribution is 5.87. The monoisotopic (exact) mass is 297 g/mol. The van der Waals surface area contributed by atoms with Crippen molar-refractivity contribution >= 4 is 5.97 Å². The number of morpholine rings is 1. The Labute approximate surface area is 130 Å². The first-order valence-electron chi connectivity index (χ1n) is 7.43. The summed E-state index contributed by atoms with van der Waals surface area (Å²) in [6, 6.07) is 17.7. The van der Waals surface area contributed by atoms with Gasteiger partial charge < -0.3 is 9.84 Å². The fourth-order valence-electron chi connectivity index (χ4n) is 2.80. The van der Waals surface area contributed by atoms with Gasteiger partial charge in [0.15, 0.2) is 0 Å². The van der Waals surface area contributed by atoms with E-state index in [4.69, 9.17) is 9.84 Å².